The van der Waals surface area contributed by atoms with Crippen molar-refractivity contribution in [2.24, 2.45) is 0 Å². The van der Waals surface area contributed by atoms with Crippen molar-refractivity contribution in [2.45, 2.75) is 32.2 Å². The second-order valence-electron chi connectivity index (χ2n) is 7.00. The van der Waals surface area contributed by atoms with Gasteiger partial charge in [-0.25, -0.2) is 4.39 Å². The Labute approximate surface area is 147 Å². The van der Waals surface area contributed by atoms with Crippen molar-refractivity contribution in [3.8, 4) is 11.1 Å². The summed E-state index contributed by atoms with van der Waals surface area (Å²) in [4.78, 5) is 14.3. The van der Waals surface area contributed by atoms with Crippen LogP contribution in [0.1, 0.15) is 47.2 Å². The van der Waals surface area contributed by atoms with E-state index >= 15 is 0 Å². The monoisotopic (exact) mass is 338 g/mol. The number of nitrogens with one attached hydrogen (secondary N) is 1. The summed E-state index contributed by atoms with van der Waals surface area (Å²) < 4.78 is 14.3. The molecule has 2 aromatic rings. The van der Waals surface area contributed by atoms with Crippen LogP contribution >= 0.6 is 0 Å². The third-order valence-corrected chi connectivity index (χ3v) is 5.62. The Balaban J connectivity index is 1.56. The van der Waals surface area contributed by atoms with Crippen molar-refractivity contribution in [2.75, 3.05) is 19.6 Å². The summed E-state index contributed by atoms with van der Waals surface area (Å²) in [5.41, 5.74) is 4.02. The lowest BCUT2D eigenvalue weighted by Gasteiger charge is -2.31. The highest BCUT2D eigenvalue weighted by Gasteiger charge is 2.23. The van der Waals surface area contributed by atoms with E-state index in [1.54, 1.807) is 6.07 Å². The number of carbonyl (C=O) groups excluding carboxylic acids is 1. The Hall–Kier alpha value is -2.20. The van der Waals surface area contributed by atoms with Crippen molar-refractivity contribution in [3.05, 3.63) is 58.9 Å². The zero-order chi connectivity index (χ0) is 17.4. The van der Waals surface area contributed by atoms with Crippen LogP contribution in [-0.2, 0) is 6.54 Å². The second-order valence-corrected chi connectivity index (χ2v) is 7.00. The molecule has 2 aliphatic rings. The van der Waals surface area contributed by atoms with Gasteiger partial charge in [0.1, 0.15) is 5.82 Å². The van der Waals surface area contributed by atoms with Gasteiger partial charge in [0.25, 0.3) is 5.91 Å². The van der Waals surface area contributed by atoms with E-state index < -0.39 is 0 Å². The van der Waals surface area contributed by atoms with Gasteiger partial charge in [-0.3, -0.25) is 4.79 Å². The quantitative estimate of drug-likeness (QED) is 0.919. The van der Waals surface area contributed by atoms with Gasteiger partial charge in [0.05, 0.1) is 0 Å². The fourth-order valence-electron chi connectivity index (χ4n) is 3.98. The lowest BCUT2D eigenvalue weighted by molar-refractivity contribution is 0.0966. The van der Waals surface area contributed by atoms with Crippen LogP contribution in [0.25, 0.3) is 11.1 Å². The van der Waals surface area contributed by atoms with Crippen molar-refractivity contribution < 1.29 is 9.18 Å². The molecule has 3 nitrogen and oxygen atoms in total. The van der Waals surface area contributed by atoms with Crippen LogP contribution in [-0.4, -0.2) is 30.4 Å². The lowest BCUT2D eigenvalue weighted by Crippen LogP contribution is -2.32. The number of amides is 1. The number of rotatable bonds is 3. The van der Waals surface area contributed by atoms with Gasteiger partial charge in [-0.2, -0.15) is 0 Å². The van der Waals surface area contributed by atoms with E-state index in [4.69, 9.17) is 0 Å². The maximum absolute atomic E-state index is 14.3. The highest BCUT2D eigenvalue weighted by molar-refractivity contribution is 5.99. The molecule has 4 heteroatoms. The van der Waals surface area contributed by atoms with E-state index in [9.17, 15) is 9.18 Å². The predicted octanol–water partition coefficient (Wildman–Crippen LogP) is 3.94. The van der Waals surface area contributed by atoms with Crippen LogP contribution in [0.5, 0.6) is 0 Å². The molecule has 0 radical (unpaired) electrons. The zero-order valence-corrected chi connectivity index (χ0v) is 14.5. The topological polar surface area (TPSA) is 32.3 Å². The first-order chi connectivity index (χ1) is 12.2. The van der Waals surface area contributed by atoms with Gasteiger partial charge in [0.15, 0.2) is 0 Å². The first-order valence-corrected chi connectivity index (χ1v) is 9.09. The molecule has 1 amide bonds. The van der Waals surface area contributed by atoms with Gasteiger partial charge in [-0.05, 0) is 67.2 Å². The van der Waals surface area contributed by atoms with E-state index in [-0.39, 0.29) is 18.3 Å². The van der Waals surface area contributed by atoms with Crippen LogP contribution in [0.15, 0.2) is 36.4 Å². The van der Waals surface area contributed by atoms with E-state index in [1.165, 1.54) is 24.5 Å². The second kappa shape index (κ2) is 6.60. The summed E-state index contributed by atoms with van der Waals surface area (Å²) >= 11 is 0. The van der Waals surface area contributed by atoms with E-state index in [0.717, 1.165) is 30.8 Å². The summed E-state index contributed by atoms with van der Waals surface area (Å²) in [5, 5.41) is 2.68. The van der Waals surface area contributed by atoms with Gasteiger partial charge in [-0.15, -0.1) is 0 Å². The largest absolute Gasteiger partial charge is 0.348 e. The summed E-state index contributed by atoms with van der Waals surface area (Å²) in [6, 6.07) is 11.8. The fourth-order valence-corrected chi connectivity index (χ4v) is 3.98. The molecule has 4 rings (SSSR count). The minimum atomic E-state index is -0.304. The molecule has 2 heterocycles. The smallest absolute Gasteiger partial charge is 0.252 e. The van der Waals surface area contributed by atoms with Gasteiger partial charge < -0.3 is 10.2 Å². The highest BCUT2D eigenvalue weighted by atomic mass is 19.1. The van der Waals surface area contributed by atoms with Crippen molar-refractivity contribution in [3.63, 3.8) is 0 Å². The van der Waals surface area contributed by atoms with Gasteiger partial charge in [0, 0.05) is 17.7 Å². The number of likely N-dealkylation sites (tertiary alicyclic amines) is 1. The number of benzene rings is 2. The predicted molar refractivity (Wildman–Crippen MR) is 97.1 cm³/mol. The Morgan fingerprint density at radius 1 is 1.12 bits per heavy atom. The minimum Gasteiger partial charge on any atom is -0.348 e. The average Bonchev–Trinajstić information content (AvgIpc) is 3.04. The molecule has 0 unspecified atom stereocenters. The van der Waals surface area contributed by atoms with Crippen LogP contribution in [0.4, 0.5) is 4.39 Å². The molecule has 1 saturated heterocycles. The molecule has 1 fully saturated rings. The van der Waals surface area contributed by atoms with Crippen LogP contribution < -0.4 is 5.32 Å². The molecule has 130 valence electrons. The van der Waals surface area contributed by atoms with Crippen molar-refractivity contribution in [1.82, 2.24) is 10.2 Å². The minimum absolute atomic E-state index is 0.185. The normalized spacial score (nSPS) is 18.2. The van der Waals surface area contributed by atoms with E-state index in [2.05, 4.69) is 41.4 Å². The summed E-state index contributed by atoms with van der Waals surface area (Å²) in [7, 11) is 0. The molecule has 0 bridgehead atoms. The average molecular weight is 338 g/mol. The highest BCUT2D eigenvalue weighted by Crippen LogP contribution is 2.31. The van der Waals surface area contributed by atoms with Gasteiger partial charge >= 0.3 is 0 Å². The number of hydrogen-bond donors (Lipinski definition) is 1. The number of nitrogens with zero attached hydrogens (tertiary/aromatic N) is 1. The van der Waals surface area contributed by atoms with Crippen LogP contribution in [0, 0.1) is 5.82 Å². The Morgan fingerprint density at radius 3 is 2.52 bits per heavy atom. The zero-order valence-electron chi connectivity index (χ0n) is 14.5. The summed E-state index contributed by atoms with van der Waals surface area (Å²) in [6.45, 7) is 5.95. The maximum Gasteiger partial charge on any atom is 0.252 e. The van der Waals surface area contributed by atoms with E-state index in [1.807, 2.05) is 0 Å². The standard InChI is InChI=1S/C21H23FN2O/c1-2-24-9-7-16(8-10-24)14-3-5-15(6-4-14)17-11-18-19(20(22)12-17)13-23-21(18)25/h3-6,11-12,16H,2,7-10,13H2,1H3,(H,23,25). The van der Waals surface area contributed by atoms with E-state index in [0.29, 0.717) is 17.0 Å². The fraction of sp³-hybridized carbons (Fsp3) is 0.381. The number of halogens is 1. The lowest BCUT2D eigenvalue weighted by atomic mass is 9.88. The Bertz CT molecular complexity index is 792. The van der Waals surface area contributed by atoms with Crippen LogP contribution in [0.2, 0.25) is 0 Å². The SMILES string of the molecule is CCN1CCC(c2ccc(-c3cc(F)c4c(c3)C(=O)NC4)cc2)CC1. The molecule has 0 aliphatic carbocycles. The third-order valence-electron chi connectivity index (χ3n) is 5.62. The number of hydrogen-bond acceptors (Lipinski definition) is 2. The Morgan fingerprint density at radius 2 is 1.84 bits per heavy atom. The van der Waals surface area contributed by atoms with Crippen LogP contribution in [0.3, 0.4) is 0 Å². The first kappa shape index (κ1) is 16.3. The van der Waals surface area contributed by atoms with Gasteiger partial charge in [-0.1, -0.05) is 31.2 Å². The molecule has 0 spiro atoms. The molecule has 0 saturated carbocycles. The number of piperidine rings is 1. The maximum atomic E-state index is 14.3. The molecular weight excluding hydrogens is 315 g/mol. The Kier molecular flexibility index (Phi) is 4.30. The molecule has 1 N–H and O–H groups in total. The number of fused-ring (bicyclic) bond motifs is 1. The third kappa shape index (κ3) is 3.07. The summed E-state index contributed by atoms with van der Waals surface area (Å²) in [6.07, 6.45) is 2.39. The number of carbonyl (C=O) groups is 1. The molecular formula is C21H23FN2O. The summed E-state index contributed by atoms with van der Waals surface area (Å²) in [5.74, 6) is 0.122. The molecule has 2 aromatic carbocycles. The molecule has 0 atom stereocenters. The van der Waals surface area contributed by atoms with Gasteiger partial charge in [0.2, 0.25) is 0 Å². The van der Waals surface area contributed by atoms with Crippen molar-refractivity contribution >= 4 is 5.91 Å². The molecule has 25 heavy (non-hydrogen) atoms. The van der Waals surface area contributed by atoms with Crippen molar-refractivity contribution in [1.29, 1.82) is 0 Å². The molecule has 2 aliphatic heterocycles. The molecule has 0 aromatic heterocycles. The first-order valence-electron chi connectivity index (χ1n) is 9.09.